The number of fused-ring (bicyclic) bond motifs is 1. The Labute approximate surface area is 125 Å². The van der Waals surface area contributed by atoms with Crippen molar-refractivity contribution in [2.45, 2.75) is 44.8 Å². The molecule has 1 N–H and O–H groups in total. The van der Waals surface area contributed by atoms with E-state index < -0.39 is 6.10 Å². The van der Waals surface area contributed by atoms with Crippen molar-refractivity contribution >= 4 is 21.6 Å². The van der Waals surface area contributed by atoms with Crippen LogP contribution in [0, 0.1) is 0 Å². The van der Waals surface area contributed by atoms with E-state index in [1.54, 1.807) is 11.3 Å². The molecular formula is C16H24N2OS. The molecule has 0 saturated carbocycles. The Hall–Kier alpha value is -0.970. The van der Waals surface area contributed by atoms with Crippen molar-refractivity contribution in [3.05, 3.63) is 29.3 Å². The van der Waals surface area contributed by atoms with E-state index in [4.69, 9.17) is 0 Å². The molecule has 0 fully saturated rings. The van der Waals surface area contributed by atoms with Gasteiger partial charge in [0.15, 0.2) is 0 Å². The Morgan fingerprint density at radius 2 is 1.90 bits per heavy atom. The summed E-state index contributed by atoms with van der Waals surface area (Å²) in [6, 6.07) is 8.15. The summed E-state index contributed by atoms with van der Waals surface area (Å²) in [6.07, 6.45) is 2.10. The Morgan fingerprint density at radius 3 is 2.45 bits per heavy atom. The number of thiazole rings is 1. The van der Waals surface area contributed by atoms with Crippen LogP contribution in [0.3, 0.4) is 0 Å². The molecule has 1 atom stereocenters. The van der Waals surface area contributed by atoms with E-state index >= 15 is 0 Å². The molecule has 1 aromatic carbocycles. The summed E-state index contributed by atoms with van der Waals surface area (Å²) in [5.74, 6) is 0. The Morgan fingerprint density at radius 1 is 1.25 bits per heavy atom. The maximum absolute atomic E-state index is 10.7. The fourth-order valence-electron chi connectivity index (χ4n) is 3.01. The standard InChI is InChI=1S/C16H24N2OS/c1-5-16(6-2,18(3)4)14(19)11-15-17-12-9-7-8-10-13(12)20-15/h7-10,14,19H,5-6,11H2,1-4H3. The third-order valence-electron chi connectivity index (χ3n) is 4.44. The minimum atomic E-state index is -0.395. The number of hydrogen-bond acceptors (Lipinski definition) is 4. The van der Waals surface area contributed by atoms with Gasteiger partial charge in [-0.2, -0.15) is 0 Å². The largest absolute Gasteiger partial charge is 0.391 e. The van der Waals surface area contributed by atoms with Crippen molar-refractivity contribution in [1.82, 2.24) is 9.88 Å². The monoisotopic (exact) mass is 292 g/mol. The summed E-state index contributed by atoms with van der Waals surface area (Å²) < 4.78 is 1.19. The summed E-state index contributed by atoms with van der Waals surface area (Å²) in [5, 5.41) is 11.8. The van der Waals surface area contributed by atoms with E-state index in [9.17, 15) is 5.11 Å². The molecule has 0 aliphatic heterocycles. The fraction of sp³-hybridized carbons (Fsp3) is 0.562. The van der Waals surface area contributed by atoms with Gasteiger partial charge in [0, 0.05) is 12.0 Å². The highest BCUT2D eigenvalue weighted by Gasteiger charge is 2.37. The predicted octanol–water partition coefficient (Wildman–Crippen LogP) is 3.32. The molecule has 0 radical (unpaired) electrons. The average Bonchev–Trinajstić information content (AvgIpc) is 2.82. The number of rotatable bonds is 6. The number of para-hydroxylation sites is 1. The number of hydrogen-bond donors (Lipinski definition) is 1. The summed E-state index contributed by atoms with van der Waals surface area (Å²) in [6.45, 7) is 4.29. The lowest BCUT2D eigenvalue weighted by Gasteiger charge is -2.42. The van der Waals surface area contributed by atoms with Crippen molar-refractivity contribution in [2.24, 2.45) is 0 Å². The van der Waals surface area contributed by atoms with Crippen LogP contribution in [0.1, 0.15) is 31.7 Å². The van der Waals surface area contributed by atoms with Crippen molar-refractivity contribution in [3.63, 3.8) is 0 Å². The van der Waals surface area contributed by atoms with Gasteiger partial charge >= 0.3 is 0 Å². The first-order valence-corrected chi connectivity index (χ1v) is 8.05. The quantitative estimate of drug-likeness (QED) is 0.887. The molecule has 4 heteroatoms. The van der Waals surface area contributed by atoms with Gasteiger partial charge in [-0.15, -0.1) is 11.3 Å². The zero-order valence-electron chi connectivity index (χ0n) is 12.8. The third-order valence-corrected chi connectivity index (χ3v) is 5.50. The molecule has 0 amide bonds. The summed E-state index contributed by atoms with van der Waals surface area (Å²) in [5.41, 5.74) is 0.862. The topological polar surface area (TPSA) is 36.4 Å². The van der Waals surface area contributed by atoms with E-state index in [0.29, 0.717) is 6.42 Å². The van der Waals surface area contributed by atoms with E-state index in [0.717, 1.165) is 23.4 Å². The first-order chi connectivity index (χ1) is 9.53. The lowest BCUT2D eigenvalue weighted by atomic mass is 9.83. The normalized spacial score (nSPS) is 14.1. The molecule has 3 nitrogen and oxygen atoms in total. The summed E-state index contributed by atoms with van der Waals surface area (Å²) >= 11 is 1.68. The third kappa shape index (κ3) is 2.73. The number of aliphatic hydroxyl groups excluding tert-OH is 1. The zero-order valence-corrected chi connectivity index (χ0v) is 13.6. The van der Waals surface area contributed by atoms with Crippen molar-refractivity contribution < 1.29 is 5.11 Å². The minimum absolute atomic E-state index is 0.169. The van der Waals surface area contributed by atoms with Crippen molar-refractivity contribution in [3.8, 4) is 0 Å². The summed E-state index contributed by atoms with van der Waals surface area (Å²) in [7, 11) is 4.10. The maximum atomic E-state index is 10.7. The molecule has 1 unspecified atom stereocenters. The Bertz CT molecular complexity index is 527. The van der Waals surface area contributed by atoms with Gasteiger partial charge in [-0.05, 0) is 39.1 Å². The number of likely N-dealkylation sites (N-methyl/N-ethyl adjacent to an activating group) is 1. The van der Waals surface area contributed by atoms with E-state index in [1.165, 1.54) is 4.70 Å². The van der Waals surface area contributed by atoms with Crippen LogP contribution >= 0.6 is 11.3 Å². The average molecular weight is 292 g/mol. The minimum Gasteiger partial charge on any atom is -0.391 e. The van der Waals surface area contributed by atoms with Crippen molar-refractivity contribution in [1.29, 1.82) is 0 Å². The number of benzene rings is 1. The molecule has 2 rings (SSSR count). The fourth-order valence-corrected chi connectivity index (χ4v) is 4.02. The van der Waals surface area contributed by atoms with Gasteiger partial charge in [-0.25, -0.2) is 4.98 Å². The zero-order chi connectivity index (χ0) is 14.8. The molecule has 0 aliphatic carbocycles. The first kappa shape index (κ1) is 15.4. The second-order valence-electron chi connectivity index (χ2n) is 5.50. The van der Waals surface area contributed by atoms with Crippen LogP contribution in [0.15, 0.2) is 24.3 Å². The highest BCUT2D eigenvalue weighted by Crippen LogP contribution is 2.30. The highest BCUT2D eigenvalue weighted by atomic mass is 32.1. The SMILES string of the molecule is CCC(CC)(C(O)Cc1nc2ccccc2s1)N(C)C. The predicted molar refractivity (Wildman–Crippen MR) is 86.3 cm³/mol. The molecule has 0 aliphatic rings. The van der Waals surface area contributed by atoms with E-state index in [-0.39, 0.29) is 5.54 Å². The molecule has 20 heavy (non-hydrogen) atoms. The lowest BCUT2D eigenvalue weighted by Crippen LogP contribution is -2.53. The molecule has 2 aromatic rings. The van der Waals surface area contributed by atoms with E-state index in [2.05, 4.69) is 43.9 Å². The van der Waals surface area contributed by atoms with E-state index in [1.807, 2.05) is 18.2 Å². The van der Waals surface area contributed by atoms with Crippen molar-refractivity contribution in [2.75, 3.05) is 14.1 Å². The number of aromatic nitrogens is 1. The smallest absolute Gasteiger partial charge is 0.0965 e. The van der Waals surface area contributed by atoms with Gasteiger partial charge in [0.05, 0.1) is 21.3 Å². The highest BCUT2D eigenvalue weighted by molar-refractivity contribution is 7.18. The molecule has 1 heterocycles. The van der Waals surface area contributed by atoms with Crippen LogP contribution in [0.5, 0.6) is 0 Å². The molecular weight excluding hydrogens is 268 g/mol. The molecule has 110 valence electrons. The van der Waals surface area contributed by atoms with Crippen LogP contribution in [0.2, 0.25) is 0 Å². The molecule has 0 spiro atoms. The molecule has 0 bridgehead atoms. The molecule has 1 aromatic heterocycles. The van der Waals surface area contributed by atoms with Gasteiger partial charge in [0.1, 0.15) is 0 Å². The molecule has 0 saturated heterocycles. The van der Waals surface area contributed by atoms with Crippen LogP contribution in [0.4, 0.5) is 0 Å². The van der Waals surface area contributed by atoms with Gasteiger partial charge in [0.25, 0.3) is 0 Å². The van der Waals surface area contributed by atoms with Crippen LogP contribution in [-0.2, 0) is 6.42 Å². The number of nitrogens with zero attached hydrogens (tertiary/aromatic N) is 2. The van der Waals surface area contributed by atoms with Crippen LogP contribution < -0.4 is 0 Å². The number of aliphatic hydroxyl groups is 1. The second kappa shape index (κ2) is 6.20. The van der Waals surface area contributed by atoms with Gasteiger partial charge in [0.2, 0.25) is 0 Å². The van der Waals surface area contributed by atoms with Crippen LogP contribution in [-0.4, -0.2) is 40.7 Å². The van der Waals surface area contributed by atoms with Crippen LogP contribution in [0.25, 0.3) is 10.2 Å². The Balaban J connectivity index is 2.23. The second-order valence-corrected chi connectivity index (χ2v) is 6.62. The lowest BCUT2D eigenvalue weighted by molar-refractivity contribution is -0.0125. The summed E-state index contributed by atoms with van der Waals surface area (Å²) in [4.78, 5) is 6.79. The maximum Gasteiger partial charge on any atom is 0.0965 e. The first-order valence-electron chi connectivity index (χ1n) is 7.23. The van der Waals surface area contributed by atoms with Gasteiger partial charge in [-0.1, -0.05) is 26.0 Å². The van der Waals surface area contributed by atoms with Gasteiger partial charge in [-0.3, -0.25) is 0 Å². The van der Waals surface area contributed by atoms with Gasteiger partial charge < -0.3 is 10.0 Å². The Kier molecular flexibility index (Phi) is 4.78.